The number of nitrogens with one attached hydrogen (secondary N) is 1. The van der Waals surface area contributed by atoms with Crippen LogP contribution in [0.1, 0.15) is 20.8 Å². The molecule has 0 radical (unpaired) electrons. The highest BCUT2D eigenvalue weighted by atomic mass is 19.1. The summed E-state index contributed by atoms with van der Waals surface area (Å²) in [5.74, 6) is 1.18. The molecule has 0 amide bonds. The van der Waals surface area contributed by atoms with Crippen molar-refractivity contribution in [1.82, 2.24) is 14.4 Å². The molecule has 0 saturated carbocycles. The Kier molecular flexibility index (Phi) is 4.47. The number of nitrogens with zero attached hydrogens (tertiary/aromatic N) is 3. The molecule has 0 aliphatic carbocycles. The van der Waals surface area contributed by atoms with Crippen LogP contribution in [0, 0.1) is 5.82 Å². The van der Waals surface area contributed by atoms with Gasteiger partial charge in [0.05, 0.1) is 5.52 Å². The van der Waals surface area contributed by atoms with Gasteiger partial charge in [-0.3, -0.25) is 4.40 Å². The Bertz CT molecular complexity index is 1400. The Labute approximate surface area is 180 Å². The van der Waals surface area contributed by atoms with Crippen LogP contribution < -0.4 is 5.32 Å². The summed E-state index contributed by atoms with van der Waals surface area (Å²) in [5.41, 5.74) is 3.32. The summed E-state index contributed by atoms with van der Waals surface area (Å²) >= 11 is 0. The van der Waals surface area contributed by atoms with Crippen molar-refractivity contribution >= 4 is 22.4 Å². The molecule has 31 heavy (non-hydrogen) atoms. The smallest absolute Gasteiger partial charge is 0.150 e. The minimum Gasteiger partial charge on any atom is -0.365 e. The van der Waals surface area contributed by atoms with Crippen LogP contribution in [-0.2, 0) is 0 Å². The van der Waals surface area contributed by atoms with Crippen LogP contribution in [0.25, 0.3) is 39.2 Å². The highest BCUT2D eigenvalue weighted by Gasteiger charge is 2.24. The monoisotopic (exact) mass is 410 g/mol. The molecular formula is C26H23FN4. The third kappa shape index (κ3) is 3.42. The first-order valence-corrected chi connectivity index (χ1v) is 10.3. The fourth-order valence-corrected chi connectivity index (χ4v) is 3.82. The molecule has 5 rings (SSSR count). The van der Waals surface area contributed by atoms with Gasteiger partial charge in [0.25, 0.3) is 0 Å². The van der Waals surface area contributed by atoms with Gasteiger partial charge < -0.3 is 5.32 Å². The summed E-state index contributed by atoms with van der Waals surface area (Å²) in [5, 5.41) is 4.49. The molecule has 2 aromatic heterocycles. The van der Waals surface area contributed by atoms with Gasteiger partial charge in [-0.1, -0.05) is 54.6 Å². The maximum absolute atomic E-state index is 14.9. The van der Waals surface area contributed by atoms with E-state index in [-0.39, 0.29) is 11.4 Å². The van der Waals surface area contributed by atoms with Gasteiger partial charge in [0, 0.05) is 22.1 Å². The highest BCUT2D eigenvalue weighted by Crippen LogP contribution is 2.37. The summed E-state index contributed by atoms with van der Waals surface area (Å²) in [4.78, 5) is 9.95. The Balaban J connectivity index is 1.96. The molecule has 154 valence electrons. The van der Waals surface area contributed by atoms with Crippen molar-refractivity contribution in [1.29, 1.82) is 0 Å². The fraction of sp³-hybridized carbons (Fsp3) is 0.154. The molecule has 0 unspecified atom stereocenters. The molecule has 1 N–H and O–H groups in total. The number of halogens is 1. The molecule has 5 aromatic rings. The molecule has 0 aliphatic rings. The van der Waals surface area contributed by atoms with Gasteiger partial charge in [-0.2, -0.15) is 0 Å². The molecule has 0 fully saturated rings. The summed E-state index contributed by atoms with van der Waals surface area (Å²) in [6.45, 7) is 6.23. The summed E-state index contributed by atoms with van der Waals surface area (Å²) in [7, 11) is 0. The molecule has 0 atom stereocenters. The van der Waals surface area contributed by atoms with Gasteiger partial charge in [0.15, 0.2) is 0 Å². The Morgan fingerprint density at radius 3 is 2.23 bits per heavy atom. The predicted octanol–water partition coefficient (Wildman–Crippen LogP) is 6.57. The van der Waals surface area contributed by atoms with Crippen LogP contribution in [0.15, 0.2) is 78.9 Å². The van der Waals surface area contributed by atoms with Crippen molar-refractivity contribution in [3.05, 3.63) is 84.7 Å². The van der Waals surface area contributed by atoms with Crippen LogP contribution in [0.4, 0.5) is 10.2 Å². The minimum absolute atomic E-state index is 0.268. The van der Waals surface area contributed by atoms with E-state index in [0.29, 0.717) is 11.3 Å². The van der Waals surface area contributed by atoms with E-state index in [1.807, 2.05) is 65.1 Å². The molecular weight excluding hydrogens is 387 g/mol. The topological polar surface area (TPSA) is 42.2 Å². The molecule has 2 heterocycles. The minimum atomic E-state index is -0.304. The first-order valence-electron chi connectivity index (χ1n) is 10.3. The Hall–Kier alpha value is -3.73. The maximum Gasteiger partial charge on any atom is 0.150 e. The lowest BCUT2D eigenvalue weighted by Gasteiger charge is -2.23. The van der Waals surface area contributed by atoms with Crippen molar-refractivity contribution in [2.24, 2.45) is 0 Å². The number of benzene rings is 3. The lowest BCUT2D eigenvalue weighted by Crippen LogP contribution is -2.27. The quantitative estimate of drug-likeness (QED) is 0.366. The second-order valence-electron chi connectivity index (χ2n) is 8.64. The number of rotatable bonds is 3. The van der Waals surface area contributed by atoms with E-state index in [0.717, 1.165) is 33.8 Å². The average Bonchev–Trinajstić information content (AvgIpc) is 3.12. The molecule has 0 saturated heterocycles. The lowest BCUT2D eigenvalue weighted by atomic mass is 10.1. The van der Waals surface area contributed by atoms with E-state index in [9.17, 15) is 4.39 Å². The molecule has 5 heteroatoms. The van der Waals surface area contributed by atoms with Gasteiger partial charge in [-0.25, -0.2) is 14.4 Å². The molecule has 0 aliphatic heterocycles. The molecule has 3 aromatic carbocycles. The van der Waals surface area contributed by atoms with Crippen molar-refractivity contribution < 1.29 is 4.39 Å². The number of aromatic nitrogens is 3. The Morgan fingerprint density at radius 1 is 0.806 bits per heavy atom. The summed E-state index contributed by atoms with van der Waals surface area (Å²) < 4.78 is 16.9. The zero-order chi connectivity index (χ0) is 21.6. The van der Waals surface area contributed by atoms with Crippen molar-refractivity contribution in [2.45, 2.75) is 26.3 Å². The van der Waals surface area contributed by atoms with E-state index < -0.39 is 0 Å². The van der Waals surface area contributed by atoms with Crippen molar-refractivity contribution in [3.8, 4) is 22.6 Å². The van der Waals surface area contributed by atoms with Gasteiger partial charge in [0.2, 0.25) is 0 Å². The van der Waals surface area contributed by atoms with E-state index in [1.165, 1.54) is 6.07 Å². The van der Waals surface area contributed by atoms with Crippen molar-refractivity contribution in [2.75, 3.05) is 5.32 Å². The zero-order valence-corrected chi connectivity index (χ0v) is 17.7. The fourth-order valence-electron chi connectivity index (χ4n) is 3.82. The third-order valence-corrected chi connectivity index (χ3v) is 5.11. The van der Waals surface area contributed by atoms with Crippen LogP contribution in [0.2, 0.25) is 0 Å². The van der Waals surface area contributed by atoms with E-state index in [2.05, 4.69) is 26.1 Å². The number of fused-ring (bicyclic) bond motifs is 3. The number of anilines is 1. The second-order valence-corrected chi connectivity index (χ2v) is 8.64. The number of imidazole rings is 1. The van der Waals surface area contributed by atoms with E-state index >= 15 is 0 Å². The van der Waals surface area contributed by atoms with Crippen molar-refractivity contribution in [3.63, 3.8) is 0 Å². The van der Waals surface area contributed by atoms with E-state index in [1.54, 1.807) is 12.1 Å². The standard InChI is InChI=1S/C26H23FN4/c1-26(2,3)30-25-22(18-13-7-9-15-20(18)27)29-24-19-14-8-10-16-21(19)28-23(31(24)25)17-11-5-4-6-12-17/h4-16,30H,1-3H3. The molecule has 0 bridgehead atoms. The number of hydrogen-bond acceptors (Lipinski definition) is 3. The van der Waals surface area contributed by atoms with Crippen LogP contribution in [0.3, 0.4) is 0 Å². The largest absolute Gasteiger partial charge is 0.365 e. The molecule has 4 nitrogen and oxygen atoms in total. The summed E-state index contributed by atoms with van der Waals surface area (Å²) in [6, 6.07) is 24.7. The van der Waals surface area contributed by atoms with Crippen LogP contribution in [0.5, 0.6) is 0 Å². The van der Waals surface area contributed by atoms with Crippen LogP contribution >= 0.6 is 0 Å². The second kappa shape index (κ2) is 7.20. The first-order chi connectivity index (χ1) is 14.9. The summed E-state index contributed by atoms with van der Waals surface area (Å²) in [6.07, 6.45) is 0. The van der Waals surface area contributed by atoms with E-state index in [4.69, 9.17) is 9.97 Å². The zero-order valence-electron chi connectivity index (χ0n) is 17.7. The molecule has 0 spiro atoms. The maximum atomic E-state index is 14.9. The number of hydrogen-bond donors (Lipinski definition) is 1. The third-order valence-electron chi connectivity index (χ3n) is 5.11. The van der Waals surface area contributed by atoms with Gasteiger partial charge in [0.1, 0.15) is 28.8 Å². The van der Waals surface area contributed by atoms with Gasteiger partial charge in [-0.05, 0) is 45.0 Å². The average molecular weight is 410 g/mol. The highest BCUT2D eigenvalue weighted by molar-refractivity contribution is 5.96. The Morgan fingerprint density at radius 2 is 1.48 bits per heavy atom. The number of para-hydroxylation sites is 1. The van der Waals surface area contributed by atoms with Crippen LogP contribution in [-0.4, -0.2) is 19.9 Å². The normalized spacial score (nSPS) is 11.9. The van der Waals surface area contributed by atoms with Gasteiger partial charge >= 0.3 is 0 Å². The SMILES string of the molecule is CC(C)(C)Nc1c(-c2ccccc2F)nc2c3ccccc3nc(-c3ccccc3)n12. The first kappa shape index (κ1) is 19.2. The predicted molar refractivity (Wildman–Crippen MR) is 125 cm³/mol. The lowest BCUT2D eigenvalue weighted by molar-refractivity contribution is 0.625. The van der Waals surface area contributed by atoms with Gasteiger partial charge in [-0.15, -0.1) is 0 Å².